The molecule has 1 atom stereocenters. The zero-order valence-electron chi connectivity index (χ0n) is 13.5. The summed E-state index contributed by atoms with van der Waals surface area (Å²) in [7, 11) is 0. The van der Waals surface area contributed by atoms with E-state index >= 15 is 0 Å². The molecule has 1 aliphatic carbocycles. The lowest BCUT2D eigenvalue weighted by Crippen LogP contribution is -2.33. The number of thiazole rings is 1. The normalized spacial score (nSPS) is 19.8. The average molecular weight is 295 g/mol. The first-order valence-corrected chi connectivity index (χ1v) is 9.03. The minimum Gasteiger partial charge on any atom is -0.308 e. The van der Waals surface area contributed by atoms with Gasteiger partial charge < -0.3 is 5.32 Å². The van der Waals surface area contributed by atoms with Crippen molar-refractivity contribution in [1.82, 2.24) is 10.3 Å². The summed E-state index contributed by atoms with van der Waals surface area (Å²) in [6.07, 6.45) is 8.51. The quantitative estimate of drug-likeness (QED) is 0.800. The smallest absolute Gasteiger partial charge is 0.107 e. The highest BCUT2D eigenvalue weighted by atomic mass is 32.1. The molecule has 0 aromatic carbocycles. The molecule has 0 aliphatic heterocycles. The fourth-order valence-electron chi connectivity index (χ4n) is 2.96. The Morgan fingerprint density at radius 3 is 2.45 bits per heavy atom. The Morgan fingerprint density at radius 1 is 1.25 bits per heavy atom. The zero-order chi connectivity index (χ0) is 14.6. The highest BCUT2D eigenvalue weighted by Gasteiger charge is 2.20. The van der Waals surface area contributed by atoms with Gasteiger partial charge in [-0.05, 0) is 25.7 Å². The molecule has 2 nitrogen and oxygen atoms in total. The fraction of sp³-hybridized carbons (Fsp3) is 0.824. The van der Waals surface area contributed by atoms with Crippen molar-refractivity contribution < 1.29 is 0 Å². The summed E-state index contributed by atoms with van der Waals surface area (Å²) < 4.78 is 0. The summed E-state index contributed by atoms with van der Waals surface area (Å²) in [4.78, 5) is 4.77. The van der Waals surface area contributed by atoms with Gasteiger partial charge in [0, 0.05) is 23.4 Å². The van der Waals surface area contributed by atoms with E-state index in [1.807, 2.05) is 0 Å². The van der Waals surface area contributed by atoms with Gasteiger partial charge >= 0.3 is 0 Å². The largest absolute Gasteiger partial charge is 0.308 e. The molecule has 20 heavy (non-hydrogen) atoms. The summed E-state index contributed by atoms with van der Waals surface area (Å²) in [6.45, 7) is 9.97. The van der Waals surface area contributed by atoms with Crippen molar-refractivity contribution in [3.63, 3.8) is 0 Å². The first kappa shape index (κ1) is 16.0. The summed E-state index contributed by atoms with van der Waals surface area (Å²) in [5.41, 5.74) is 1.39. The van der Waals surface area contributed by atoms with Gasteiger partial charge in [0.2, 0.25) is 0 Å². The molecule has 2 rings (SSSR count). The first-order chi connectivity index (χ1) is 9.47. The van der Waals surface area contributed by atoms with E-state index in [2.05, 4.69) is 38.4 Å². The fourth-order valence-corrected chi connectivity index (χ4v) is 3.93. The van der Waals surface area contributed by atoms with Crippen LogP contribution in [0.2, 0.25) is 0 Å². The number of aromatic nitrogens is 1. The molecule has 0 saturated heterocycles. The Morgan fingerprint density at radius 2 is 1.90 bits per heavy atom. The molecule has 3 heteroatoms. The summed E-state index contributed by atoms with van der Waals surface area (Å²) in [5, 5.41) is 7.16. The van der Waals surface area contributed by atoms with Crippen molar-refractivity contribution in [2.75, 3.05) is 0 Å². The van der Waals surface area contributed by atoms with E-state index in [0.717, 1.165) is 12.5 Å². The van der Waals surface area contributed by atoms with Crippen LogP contribution in [0.15, 0.2) is 5.38 Å². The van der Waals surface area contributed by atoms with Crippen molar-refractivity contribution in [3.8, 4) is 0 Å². The van der Waals surface area contributed by atoms with Crippen LogP contribution in [0.5, 0.6) is 0 Å². The molecule has 0 bridgehead atoms. The molecule has 1 heterocycles. The maximum atomic E-state index is 4.77. The third kappa shape index (κ3) is 4.56. The van der Waals surface area contributed by atoms with E-state index in [-0.39, 0.29) is 5.41 Å². The number of nitrogens with one attached hydrogen (secondary N) is 1. The molecule has 1 aromatic heterocycles. The van der Waals surface area contributed by atoms with E-state index in [1.165, 1.54) is 49.2 Å². The Labute approximate surface area is 128 Å². The van der Waals surface area contributed by atoms with Gasteiger partial charge in [-0.25, -0.2) is 4.98 Å². The second kappa shape index (κ2) is 7.04. The Balaban J connectivity index is 1.83. The van der Waals surface area contributed by atoms with E-state index < -0.39 is 0 Å². The topological polar surface area (TPSA) is 24.9 Å². The van der Waals surface area contributed by atoms with Crippen LogP contribution in [0.3, 0.4) is 0 Å². The molecular weight excluding hydrogens is 264 g/mol. The predicted octanol–water partition coefficient (Wildman–Crippen LogP) is 4.89. The van der Waals surface area contributed by atoms with Gasteiger partial charge in [0.1, 0.15) is 5.01 Å². The molecular formula is C17H30N2S. The maximum Gasteiger partial charge on any atom is 0.107 e. The van der Waals surface area contributed by atoms with E-state index in [1.54, 1.807) is 11.3 Å². The summed E-state index contributed by atoms with van der Waals surface area (Å²) in [6, 6.07) is 0.620. The van der Waals surface area contributed by atoms with Crippen molar-refractivity contribution >= 4 is 11.3 Å². The van der Waals surface area contributed by atoms with Crippen LogP contribution >= 0.6 is 11.3 Å². The number of nitrogens with zero attached hydrogens (tertiary/aromatic N) is 1. The molecule has 0 spiro atoms. The van der Waals surface area contributed by atoms with Crippen LogP contribution in [-0.2, 0) is 12.0 Å². The second-order valence-corrected chi connectivity index (χ2v) is 8.24. The van der Waals surface area contributed by atoms with Crippen LogP contribution in [-0.4, -0.2) is 11.0 Å². The van der Waals surface area contributed by atoms with E-state index in [4.69, 9.17) is 4.98 Å². The Kier molecular flexibility index (Phi) is 5.62. The van der Waals surface area contributed by atoms with E-state index in [9.17, 15) is 0 Å². The van der Waals surface area contributed by atoms with Crippen molar-refractivity contribution in [1.29, 1.82) is 0 Å². The van der Waals surface area contributed by atoms with Gasteiger partial charge in [-0.15, -0.1) is 11.3 Å². The lowest BCUT2D eigenvalue weighted by Gasteiger charge is -2.23. The molecule has 0 amide bonds. The van der Waals surface area contributed by atoms with Crippen LogP contribution < -0.4 is 5.32 Å². The average Bonchev–Trinajstić information content (AvgIpc) is 2.70. The van der Waals surface area contributed by atoms with Crippen molar-refractivity contribution in [2.24, 2.45) is 5.92 Å². The lowest BCUT2D eigenvalue weighted by molar-refractivity contribution is 0.336. The summed E-state index contributed by atoms with van der Waals surface area (Å²) in [5.74, 6) is 0.861. The maximum absolute atomic E-state index is 4.77. The molecule has 114 valence electrons. The molecule has 1 fully saturated rings. The molecule has 1 N–H and O–H groups in total. The van der Waals surface area contributed by atoms with Crippen molar-refractivity contribution in [3.05, 3.63) is 16.1 Å². The summed E-state index contributed by atoms with van der Waals surface area (Å²) >= 11 is 1.80. The minimum atomic E-state index is 0.168. The van der Waals surface area contributed by atoms with Gasteiger partial charge in [0.25, 0.3) is 0 Å². The Hall–Kier alpha value is -0.410. The highest BCUT2D eigenvalue weighted by molar-refractivity contribution is 7.09. The molecule has 0 unspecified atom stereocenters. The minimum absolute atomic E-state index is 0.168. The van der Waals surface area contributed by atoms with Gasteiger partial charge in [0.05, 0.1) is 5.69 Å². The van der Waals surface area contributed by atoms with Crippen molar-refractivity contribution in [2.45, 2.75) is 84.2 Å². The second-order valence-electron chi connectivity index (χ2n) is 7.30. The first-order valence-electron chi connectivity index (χ1n) is 8.15. The van der Waals surface area contributed by atoms with Gasteiger partial charge in [-0.2, -0.15) is 0 Å². The SMILES string of the molecule is C[C@@H](NCc1nc(C(C)(C)C)cs1)C1CCCCCC1. The Bertz CT molecular complexity index is 397. The van der Waals surface area contributed by atoms with Gasteiger partial charge in [-0.1, -0.05) is 46.5 Å². The third-order valence-corrected chi connectivity index (χ3v) is 5.35. The van der Waals surface area contributed by atoms with Crippen LogP contribution in [0.1, 0.15) is 76.9 Å². The highest BCUT2D eigenvalue weighted by Crippen LogP contribution is 2.26. The van der Waals surface area contributed by atoms with E-state index in [0.29, 0.717) is 6.04 Å². The number of hydrogen-bond acceptors (Lipinski definition) is 3. The monoisotopic (exact) mass is 294 g/mol. The van der Waals surface area contributed by atoms with Crippen LogP contribution in [0.4, 0.5) is 0 Å². The molecule has 0 radical (unpaired) electrons. The zero-order valence-corrected chi connectivity index (χ0v) is 14.4. The number of rotatable bonds is 4. The third-order valence-electron chi connectivity index (χ3n) is 4.50. The standard InChI is InChI=1S/C17H30N2S/c1-13(14-9-7-5-6-8-10-14)18-11-16-19-15(12-20-16)17(2,3)4/h12-14,18H,5-11H2,1-4H3/t13-/m1/s1. The molecule has 1 aliphatic rings. The van der Waals surface area contributed by atoms with Gasteiger partial charge in [0.15, 0.2) is 0 Å². The van der Waals surface area contributed by atoms with Gasteiger partial charge in [-0.3, -0.25) is 0 Å². The molecule has 1 aromatic rings. The van der Waals surface area contributed by atoms with Crippen LogP contribution in [0, 0.1) is 5.92 Å². The molecule has 1 saturated carbocycles. The van der Waals surface area contributed by atoms with Crippen LogP contribution in [0.25, 0.3) is 0 Å². The predicted molar refractivity (Wildman–Crippen MR) is 88.3 cm³/mol. The lowest BCUT2D eigenvalue weighted by atomic mass is 9.93. The number of hydrogen-bond donors (Lipinski definition) is 1.